The van der Waals surface area contributed by atoms with Crippen molar-refractivity contribution in [1.29, 1.82) is 0 Å². The van der Waals surface area contributed by atoms with Crippen LogP contribution in [0.2, 0.25) is 0 Å². The first-order valence-corrected chi connectivity index (χ1v) is 10.8. The van der Waals surface area contributed by atoms with Gasteiger partial charge in [0.25, 0.3) is 5.91 Å². The third kappa shape index (κ3) is 4.27. The monoisotopic (exact) mass is 441 g/mol. The van der Waals surface area contributed by atoms with Crippen molar-refractivity contribution < 1.29 is 14.3 Å². The van der Waals surface area contributed by atoms with Crippen LogP contribution in [0.15, 0.2) is 42.5 Å². The fraction of sp³-hybridized carbons (Fsp3) is 0.417. The number of amides is 2. The number of halogens is 1. The highest BCUT2D eigenvalue weighted by molar-refractivity contribution is 5.97. The summed E-state index contributed by atoms with van der Waals surface area (Å²) in [6.45, 7) is 2.91. The number of carbonyl (C=O) groups excluding carboxylic acids is 2. The largest absolute Gasteiger partial charge is 0.457 e. The van der Waals surface area contributed by atoms with E-state index >= 15 is 0 Å². The van der Waals surface area contributed by atoms with Gasteiger partial charge in [-0.2, -0.15) is 0 Å². The molecule has 0 radical (unpaired) electrons. The van der Waals surface area contributed by atoms with Gasteiger partial charge >= 0.3 is 0 Å². The summed E-state index contributed by atoms with van der Waals surface area (Å²) in [5.74, 6) is 1.01. The van der Waals surface area contributed by atoms with Gasteiger partial charge in [0.2, 0.25) is 5.91 Å². The molecule has 3 aliphatic rings. The van der Waals surface area contributed by atoms with Crippen LogP contribution in [0.25, 0.3) is 0 Å². The molecule has 0 aromatic heterocycles. The van der Waals surface area contributed by atoms with E-state index in [0.717, 1.165) is 49.6 Å². The number of ether oxygens (including phenoxy) is 1. The minimum absolute atomic E-state index is 0. The Labute approximate surface area is 188 Å². The second-order valence-corrected chi connectivity index (χ2v) is 8.58. The van der Waals surface area contributed by atoms with Crippen molar-refractivity contribution in [3.63, 3.8) is 0 Å². The van der Waals surface area contributed by atoms with Crippen molar-refractivity contribution in [2.24, 2.45) is 5.73 Å². The number of carbonyl (C=O) groups is 2. The van der Waals surface area contributed by atoms with E-state index < -0.39 is 5.91 Å². The van der Waals surface area contributed by atoms with Gasteiger partial charge in [0, 0.05) is 42.8 Å². The Kier molecular flexibility index (Phi) is 6.21. The quantitative estimate of drug-likeness (QED) is 0.768. The Balaban J connectivity index is 0.00000231. The number of fused-ring (bicyclic) bond motifs is 1. The molecule has 1 atom stereocenters. The zero-order valence-electron chi connectivity index (χ0n) is 17.5. The average molecular weight is 442 g/mol. The number of benzene rings is 2. The summed E-state index contributed by atoms with van der Waals surface area (Å²) >= 11 is 0. The minimum atomic E-state index is -0.462. The lowest BCUT2D eigenvalue weighted by Crippen LogP contribution is -2.47. The first-order chi connectivity index (χ1) is 14.6. The second-order valence-electron chi connectivity index (χ2n) is 8.58. The van der Waals surface area contributed by atoms with Crippen LogP contribution in [0.3, 0.4) is 0 Å². The van der Waals surface area contributed by atoms with Gasteiger partial charge in [0.05, 0.1) is 0 Å². The van der Waals surface area contributed by atoms with E-state index in [2.05, 4.69) is 9.80 Å². The van der Waals surface area contributed by atoms with Crippen LogP contribution in [-0.2, 0) is 6.42 Å². The molecular weight excluding hydrogens is 414 g/mol. The van der Waals surface area contributed by atoms with Crippen molar-refractivity contribution in [3.05, 3.63) is 59.2 Å². The zero-order chi connectivity index (χ0) is 20.7. The molecule has 7 heteroatoms. The molecule has 2 fully saturated rings. The highest BCUT2D eigenvalue weighted by Gasteiger charge is 2.37. The number of nitrogens with two attached hydrogens (primary N) is 1. The maximum Gasteiger partial charge on any atom is 0.254 e. The van der Waals surface area contributed by atoms with Gasteiger partial charge in [-0.25, -0.2) is 0 Å². The van der Waals surface area contributed by atoms with Crippen molar-refractivity contribution in [2.45, 2.75) is 44.2 Å². The summed E-state index contributed by atoms with van der Waals surface area (Å²) in [6, 6.07) is 13.5. The fourth-order valence-electron chi connectivity index (χ4n) is 4.82. The summed E-state index contributed by atoms with van der Waals surface area (Å²) in [7, 11) is 0. The van der Waals surface area contributed by atoms with E-state index in [1.165, 1.54) is 19.3 Å². The van der Waals surface area contributed by atoms with Gasteiger partial charge in [-0.05, 0) is 73.7 Å². The Morgan fingerprint density at radius 1 is 0.968 bits per heavy atom. The van der Waals surface area contributed by atoms with Crippen LogP contribution in [0, 0.1) is 0 Å². The highest BCUT2D eigenvalue weighted by Crippen LogP contribution is 2.32. The summed E-state index contributed by atoms with van der Waals surface area (Å²) in [5, 5.41) is 0. The van der Waals surface area contributed by atoms with Gasteiger partial charge in [-0.1, -0.05) is 6.42 Å². The molecular formula is C24H28ClN3O3. The summed E-state index contributed by atoms with van der Waals surface area (Å²) in [6.07, 6.45) is 5.91. The van der Waals surface area contributed by atoms with Crippen molar-refractivity contribution in [2.75, 3.05) is 19.6 Å². The second kappa shape index (κ2) is 8.89. The predicted molar refractivity (Wildman–Crippen MR) is 121 cm³/mol. The van der Waals surface area contributed by atoms with Gasteiger partial charge < -0.3 is 15.4 Å². The van der Waals surface area contributed by atoms with E-state index in [1.54, 1.807) is 24.3 Å². The van der Waals surface area contributed by atoms with Crippen LogP contribution in [0.1, 0.15) is 52.0 Å². The lowest BCUT2D eigenvalue weighted by Gasteiger charge is -2.37. The molecule has 31 heavy (non-hydrogen) atoms. The van der Waals surface area contributed by atoms with Gasteiger partial charge in [0.15, 0.2) is 0 Å². The molecule has 2 aliphatic heterocycles. The molecule has 1 aliphatic carbocycles. The van der Waals surface area contributed by atoms with Crippen molar-refractivity contribution >= 4 is 24.2 Å². The maximum absolute atomic E-state index is 13.2. The predicted octanol–water partition coefficient (Wildman–Crippen LogP) is 3.62. The molecule has 0 unspecified atom stereocenters. The van der Waals surface area contributed by atoms with Crippen LogP contribution in [0.5, 0.6) is 11.5 Å². The van der Waals surface area contributed by atoms with Crippen LogP contribution in [-0.4, -0.2) is 53.3 Å². The Morgan fingerprint density at radius 3 is 2.39 bits per heavy atom. The fourth-order valence-corrected chi connectivity index (χ4v) is 4.82. The average Bonchev–Trinajstić information content (AvgIpc) is 3.16. The van der Waals surface area contributed by atoms with E-state index in [-0.39, 0.29) is 18.3 Å². The number of nitrogens with zero attached hydrogens (tertiary/aromatic N) is 2. The first-order valence-electron chi connectivity index (χ1n) is 10.8. The first kappa shape index (κ1) is 21.7. The number of primary amides is 1. The number of likely N-dealkylation sites (tertiary alicyclic amines) is 1. The standard InChI is InChI=1S/C24H27N3O3.ClH/c25-23(28)16-4-6-20(7-5-16)30-21-8-9-22-17(14-21)10-13-27(24(22)29)19-11-12-26(15-19)18-2-1-3-18;/h4-9,14,18-19H,1-3,10-13,15H2,(H2,25,28);1H/t19-;/m1./s1. The Hall–Kier alpha value is -2.57. The number of hydrogen-bond donors (Lipinski definition) is 1. The molecule has 2 N–H and O–H groups in total. The Morgan fingerprint density at radius 2 is 1.71 bits per heavy atom. The molecule has 2 aromatic rings. The molecule has 2 aromatic carbocycles. The van der Waals surface area contributed by atoms with Crippen LogP contribution >= 0.6 is 12.4 Å². The summed E-state index contributed by atoms with van der Waals surface area (Å²) < 4.78 is 5.92. The smallest absolute Gasteiger partial charge is 0.254 e. The maximum atomic E-state index is 13.2. The topological polar surface area (TPSA) is 75.9 Å². The van der Waals surface area contributed by atoms with E-state index in [0.29, 0.717) is 23.1 Å². The summed E-state index contributed by atoms with van der Waals surface area (Å²) in [4.78, 5) is 29.0. The third-order valence-electron chi connectivity index (χ3n) is 6.79. The van der Waals surface area contributed by atoms with Gasteiger partial charge in [-0.3, -0.25) is 14.5 Å². The molecule has 6 nitrogen and oxygen atoms in total. The number of hydrogen-bond acceptors (Lipinski definition) is 4. The SMILES string of the molecule is Cl.NC(=O)c1ccc(Oc2ccc3c(c2)CCN([C@@H]2CCN(C4CCC4)C2)C3=O)cc1. The van der Waals surface area contributed by atoms with Crippen molar-refractivity contribution in [1.82, 2.24) is 9.80 Å². The highest BCUT2D eigenvalue weighted by atomic mass is 35.5. The van der Waals surface area contributed by atoms with Crippen LogP contribution < -0.4 is 10.5 Å². The minimum Gasteiger partial charge on any atom is -0.457 e. The van der Waals surface area contributed by atoms with Crippen LogP contribution in [0.4, 0.5) is 0 Å². The molecule has 1 saturated carbocycles. The molecule has 0 spiro atoms. The molecule has 2 heterocycles. The lowest BCUT2D eigenvalue weighted by molar-refractivity contribution is 0.0646. The lowest BCUT2D eigenvalue weighted by atomic mass is 9.92. The van der Waals surface area contributed by atoms with Crippen molar-refractivity contribution in [3.8, 4) is 11.5 Å². The van der Waals surface area contributed by atoms with Gasteiger partial charge in [-0.15, -0.1) is 12.4 Å². The third-order valence-corrected chi connectivity index (χ3v) is 6.79. The number of rotatable bonds is 5. The molecule has 1 saturated heterocycles. The normalized spacial score (nSPS) is 21.2. The molecule has 2 amide bonds. The Bertz CT molecular complexity index is 975. The molecule has 0 bridgehead atoms. The zero-order valence-corrected chi connectivity index (χ0v) is 18.3. The van der Waals surface area contributed by atoms with Gasteiger partial charge in [0.1, 0.15) is 11.5 Å². The van der Waals surface area contributed by atoms with E-state index in [1.807, 2.05) is 18.2 Å². The summed E-state index contributed by atoms with van der Waals surface area (Å²) in [5.41, 5.74) is 7.55. The molecule has 164 valence electrons. The molecule has 5 rings (SSSR count). The van der Waals surface area contributed by atoms with E-state index in [4.69, 9.17) is 10.5 Å². The van der Waals surface area contributed by atoms with E-state index in [9.17, 15) is 9.59 Å².